The van der Waals surface area contributed by atoms with Gasteiger partial charge >= 0.3 is 0 Å². The van der Waals surface area contributed by atoms with Crippen LogP contribution in [0.25, 0.3) is 6.08 Å². The molecule has 1 atom stereocenters. The van der Waals surface area contributed by atoms with Crippen LogP contribution >= 0.6 is 27.5 Å². The van der Waals surface area contributed by atoms with Crippen LogP contribution in [0.5, 0.6) is 5.75 Å². The average molecular weight is 562 g/mol. The number of ether oxygens (including phenoxy) is 1. The normalized spacial score (nSPS) is 12.5. The maximum atomic E-state index is 9.34. The van der Waals surface area contributed by atoms with E-state index in [1.165, 1.54) is 5.56 Å². The largest absolute Gasteiger partial charge is 0.489 e. The van der Waals surface area contributed by atoms with Gasteiger partial charge in [0.15, 0.2) is 0 Å². The fourth-order valence-electron chi connectivity index (χ4n) is 3.66. The number of imidazole rings is 1. The SMILES string of the molecule is CC(C)Oc1ccc(C=C[C@H](CCO)Cc2ccc(Br)cc2)cc1Cl.Cn1ccnc1C(C)(C)C. The summed E-state index contributed by atoms with van der Waals surface area (Å²) in [6.07, 6.45) is 9.73. The lowest BCUT2D eigenvalue weighted by atomic mass is 9.95. The molecule has 0 spiro atoms. The summed E-state index contributed by atoms with van der Waals surface area (Å²) in [4.78, 5) is 4.25. The minimum atomic E-state index is 0.0961. The molecule has 1 N–H and O–H groups in total. The number of hydrogen-bond donors (Lipinski definition) is 1. The molecular weight excluding hydrogens is 524 g/mol. The van der Waals surface area contributed by atoms with Crippen molar-refractivity contribution in [3.05, 3.63) is 87.4 Å². The highest BCUT2D eigenvalue weighted by atomic mass is 79.9. The van der Waals surface area contributed by atoms with Crippen molar-refractivity contribution in [3.63, 3.8) is 0 Å². The molecule has 35 heavy (non-hydrogen) atoms. The van der Waals surface area contributed by atoms with Gasteiger partial charge in [0.05, 0.1) is 11.1 Å². The Balaban J connectivity index is 0.000000360. The van der Waals surface area contributed by atoms with E-state index in [0.717, 1.165) is 28.7 Å². The number of rotatable bonds is 8. The number of aliphatic hydroxyl groups excluding tert-OH is 1. The van der Waals surface area contributed by atoms with Gasteiger partial charge < -0.3 is 14.4 Å². The quantitative estimate of drug-likeness (QED) is 0.304. The van der Waals surface area contributed by atoms with Crippen LogP contribution in [0.4, 0.5) is 0 Å². The van der Waals surface area contributed by atoms with Gasteiger partial charge in [0.2, 0.25) is 0 Å². The molecule has 3 rings (SSSR count). The molecule has 6 heteroatoms. The summed E-state index contributed by atoms with van der Waals surface area (Å²) < 4.78 is 8.79. The number of aliphatic hydroxyl groups is 1. The summed E-state index contributed by atoms with van der Waals surface area (Å²) in [5, 5.41) is 9.95. The standard InChI is InChI=1S/C21H24BrClO2.C8H14N2/c1-15(2)25-21-10-7-17(14-20(21)23)3-4-18(11-12-24)13-16-5-8-19(22)9-6-16;1-8(2,3)7-9-5-6-10(7)4/h3-10,14-15,18,24H,11-13H2,1-2H3;5-6H,1-4H3/t18-;/m1./s1. The molecule has 190 valence electrons. The number of nitrogens with zero attached hydrogens (tertiary/aromatic N) is 2. The fraction of sp³-hybridized carbons (Fsp3) is 0.414. The molecule has 3 aromatic rings. The number of halogens is 2. The molecule has 0 fully saturated rings. The first-order valence-electron chi connectivity index (χ1n) is 12.0. The van der Waals surface area contributed by atoms with Crippen LogP contribution in [0.1, 0.15) is 58.0 Å². The topological polar surface area (TPSA) is 47.3 Å². The first-order valence-corrected chi connectivity index (χ1v) is 13.1. The minimum absolute atomic E-state index is 0.0961. The van der Waals surface area contributed by atoms with E-state index in [2.05, 4.69) is 70.5 Å². The Bertz CT molecular complexity index is 1070. The van der Waals surface area contributed by atoms with Gasteiger partial charge in [0.1, 0.15) is 11.6 Å². The smallest absolute Gasteiger partial charge is 0.138 e. The van der Waals surface area contributed by atoms with E-state index in [9.17, 15) is 5.11 Å². The summed E-state index contributed by atoms with van der Waals surface area (Å²) in [7, 11) is 2.02. The second-order valence-corrected chi connectivity index (χ2v) is 11.3. The summed E-state index contributed by atoms with van der Waals surface area (Å²) in [5.41, 5.74) is 2.45. The summed E-state index contributed by atoms with van der Waals surface area (Å²) in [5.74, 6) is 2.11. The van der Waals surface area contributed by atoms with Crippen molar-refractivity contribution in [1.29, 1.82) is 0 Å². The van der Waals surface area contributed by atoms with E-state index in [1.807, 2.05) is 63.6 Å². The van der Waals surface area contributed by atoms with E-state index in [0.29, 0.717) is 10.8 Å². The number of allylic oxidation sites excluding steroid dienone is 1. The first-order chi connectivity index (χ1) is 16.5. The van der Waals surface area contributed by atoms with E-state index in [4.69, 9.17) is 16.3 Å². The summed E-state index contributed by atoms with van der Waals surface area (Å²) in [6.45, 7) is 10.6. The van der Waals surface area contributed by atoms with E-state index in [1.54, 1.807) is 0 Å². The molecule has 0 saturated carbocycles. The van der Waals surface area contributed by atoms with Gasteiger partial charge in [0.25, 0.3) is 0 Å². The van der Waals surface area contributed by atoms with Crippen molar-refractivity contribution in [3.8, 4) is 5.75 Å². The van der Waals surface area contributed by atoms with Crippen molar-refractivity contribution < 1.29 is 9.84 Å². The van der Waals surface area contributed by atoms with Gasteiger partial charge in [-0.15, -0.1) is 0 Å². The molecule has 0 saturated heterocycles. The zero-order valence-corrected chi connectivity index (χ0v) is 24.0. The molecule has 0 aliphatic rings. The first kappa shape index (κ1) is 29.2. The van der Waals surface area contributed by atoms with E-state index >= 15 is 0 Å². The number of aromatic nitrogens is 2. The van der Waals surface area contributed by atoms with Crippen LogP contribution in [-0.2, 0) is 18.9 Å². The Morgan fingerprint density at radius 3 is 2.31 bits per heavy atom. The monoisotopic (exact) mass is 560 g/mol. The van der Waals surface area contributed by atoms with Crippen LogP contribution < -0.4 is 4.74 Å². The molecule has 1 aromatic heterocycles. The second-order valence-electron chi connectivity index (χ2n) is 9.93. The Labute approximate surface area is 224 Å². The second kappa shape index (κ2) is 13.9. The van der Waals surface area contributed by atoms with Crippen LogP contribution in [0.2, 0.25) is 5.02 Å². The van der Waals surface area contributed by atoms with Crippen molar-refractivity contribution in [2.75, 3.05) is 6.61 Å². The molecule has 1 heterocycles. The number of benzene rings is 2. The van der Waals surface area contributed by atoms with Gasteiger partial charge in [-0.25, -0.2) is 4.98 Å². The number of hydrogen-bond acceptors (Lipinski definition) is 3. The third kappa shape index (κ3) is 10.2. The molecule has 0 unspecified atom stereocenters. The van der Waals surface area contributed by atoms with Crippen LogP contribution in [0, 0.1) is 5.92 Å². The number of aryl methyl sites for hydroxylation is 1. The van der Waals surface area contributed by atoms with Gasteiger partial charge in [-0.1, -0.05) is 78.7 Å². The average Bonchev–Trinajstić information content (AvgIpc) is 3.22. The summed E-state index contributed by atoms with van der Waals surface area (Å²) >= 11 is 9.75. The Morgan fingerprint density at radius 1 is 1.14 bits per heavy atom. The van der Waals surface area contributed by atoms with Crippen LogP contribution in [-0.4, -0.2) is 27.4 Å². The predicted molar refractivity (Wildman–Crippen MR) is 151 cm³/mol. The maximum absolute atomic E-state index is 9.34. The Kier molecular flexibility index (Phi) is 11.5. The Morgan fingerprint density at radius 2 is 1.83 bits per heavy atom. The highest BCUT2D eigenvalue weighted by molar-refractivity contribution is 9.10. The van der Waals surface area contributed by atoms with Crippen LogP contribution in [0.15, 0.2) is 65.4 Å². The lowest BCUT2D eigenvalue weighted by Crippen LogP contribution is -2.16. The van der Waals surface area contributed by atoms with Crippen molar-refractivity contribution in [2.45, 2.75) is 59.0 Å². The third-order valence-corrected chi connectivity index (χ3v) is 6.11. The molecular formula is C29H38BrClN2O2. The molecule has 0 aliphatic heterocycles. The van der Waals surface area contributed by atoms with Crippen molar-refractivity contribution in [2.24, 2.45) is 13.0 Å². The third-order valence-electron chi connectivity index (χ3n) is 5.28. The van der Waals surface area contributed by atoms with Crippen molar-refractivity contribution >= 4 is 33.6 Å². The zero-order chi connectivity index (χ0) is 26.0. The predicted octanol–water partition coefficient (Wildman–Crippen LogP) is 7.86. The minimum Gasteiger partial charge on any atom is -0.489 e. The van der Waals surface area contributed by atoms with Gasteiger partial charge in [-0.2, -0.15) is 0 Å². The van der Waals surface area contributed by atoms with Crippen LogP contribution in [0.3, 0.4) is 0 Å². The lowest BCUT2D eigenvalue weighted by Gasteiger charge is -2.17. The van der Waals surface area contributed by atoms with Gasteiger partial charge in [-0.05, 0) is 68.0 Å². The Hall–Kier alpha value is -2.08. The molecule has 0 amide bonds. The highest BCUT2D eigenvalue weighted by Crippen LogP contribution is 2.27. The molecule has 0 aliphatic carbocycles. The van der Waals surface area contributed by atoms with E-state index in [-0.39, 0.29) is 24.0 Å². The fourth-order valence-corrected chi connectivity index (χ4v) is 4.16. The molecule has 0 radical (unpaired) electrons. The highest BCUT2D eigenvalue weighted by Gasteiger charge is 2.17. The zero-order valence-electron chi connectivity index (χ0n) is 21.6. The molecule has 2 aromatic carbocycles. The lowest BCUT2D eigenvalue weighted by molar-refractivity contribution is 0.242. The molecule has 4 nitrogen and oxygen atoms in total. The van der Waals surface area contributed by atoms with E-state index < -0.39 is 0 Å². The van der Waals surface area contributed by atoms with Gasteiger partial charge in [-0.3, -0.25) is 0 Å². The summed E-state index contributed by atoms with van der Waals surface area (Å²) in [6, 6.07) is 14.1. The molecule has 0 bridgehead atoms. The maximum Gasteiger partial charge on any atom is 0.138 e. The van der Waals surface area contributed by atoms with Gasteiger partial charge in [0, 0.05) is 35.9 Å². The van der Waals surface area contributed by atoms with Crippen molar-refractivity contribution in [1.82, 2.24) is 9.55 Å².